The number of hydrogen-bond acceptors (Lipinski definition) is 3. The second-order valence-corrected chi connectivity index (χ2v) is 2.49. The third kappa shape index (κ3) is 7.39. The maximum Gasteiger partial charge on any atom is 0.236 e. The molecule has 3 N–H and O–H groups in total. The second-order valence-electron chi connectivity index (χ2n) is 2.23. The van der Waals surface area contributed by atoms with Gasteiger partial charge in [-0.15, -0.1) is 11.6 Å². The van der Waals surface area contributed by atoms with Crippen molar-refractivity contribution in [3.63, 3.8) is 0 Å². The van der Waals surface area contributed by atoms with Gasteiger partial charge in [0.25, 0.3) is 0 Å². The minimum Gasteiger partial charge on any atom is -0.508 e. The predicted molar refractivity (Wildman–Crippen MR) is 54.1 cm³/mol. The fourth-order valence-electron chi connectivity index (χ4n) is 0.563. The normalized spacial score (nSPS) is 8.43. The molecule has 0 aliphatic carbocycles. The molecule has 1 aromatic rings. The molecule has 0 aromatic heterocycles. The standard InChI is InChI=1S/C6H6O.C3H6ClNO2/c7-6-4-2-1-3-5-6;4-1-3(7)5-2-6/h1-5,7H;6H,1-2H2,(H,5,7). The largest absolute Gasteiger partial charge is 0.508 e. The van der Waals surface area contributed by atoms with E-state index in [4.69, 9.17) is 21.8 Å². The van der Waals surface area contributed by atoms with E-state index in [-0.39, 0.29) is 18.5 Å². The Morgan fingerprint density at radius 3 is 2.14 bits per heavy atom. The molecule has 1 amide bonds. The Balaban J connectivity index is 0.000000241. The van der Waals surface area contributed by atoms with E-state index in [2.05, 4.69) is 5.32 Å². The summed E-state index contributed by atoms with van der Waals surface area (Å²) in [5.74, 6) is -0.132. The van der Waals surface area contributed by atoms with E-state index in [0.29, 0.717) is 5.75 Å². The van der Waals surface area contributed by atoms with Crippen molar-refractivity contribution in [2.75, 3.05) is 12.6 Å². The number of aliphatic hydroxyl groups excluding tert-OH is 1. The lowest BCUT2D eigenvalue weighted by atomic mass is 10.3. The molecule has 14 heavy (non-hydrogen) atoms. The quantitative estimate of drug-likeness (QED) is 0.504. The topological polar surface area (TPSA) is 69.6 Å². The van der Waals surface area contributed by atoms with E-state index in [0.717, 1.165) is 0 Å². The average molecular weight is 218 g/mol. The molecule has 0 radical (unpaired) electrons. The Bertz CT molecular complexity index is 253. The number of carbonyl (C=O) groups excluding carboxylic acids is 1. The number of alkyl halides is 1. The first-order valence-corrected chi connectivity index (χ1v) is 4.41. The number of aliphatic hydroxyl groups is 1. The van der Waals surface area contributed by atoms with Crippen LogP contribution in [0.4, 0.5) is 0 Å². The highest BCUT2D eigenvalue weighted by molar-refractivity contribution is 6.27. The highest BCUT2D eigenvalue weighted by Crippen LogP contribution is 2.02. The highest BCUT2D eigenvalue weighted by Gasteiger charge is 1.91. The molecule has 0 bridgehead atoms. The predicted octanol–water partition coefficient (Wildman–Crippen LogP) is 0.683. The number of nitrogens with one attached hydrogen (secondary N) is 1. The number of carbonyl (C=O) groups is 1. The third-order valence-corrected chi connectivity index (χ3v) is 1.40. The molecule has 0 spiro atoms. The van der Waals surface area contributed by atoms with Crippen molar-refractivity contribution in [1.29, 1.82) is 0 Å². The molecule has 1 rings (SSSR count). The van der Waals surface area contributed by atoms with Crippen LogP contribution in [0.2, 0.25) is 0 Å². The minimum atomic E-state index is -0.357. The molecule has 4 nitrogen and oxygen atoms in total. The Morgan fingerprint density at radius 1 is 1.36 bits per heavy atom. The zero-order valence-corrected chi connectivity index (χ0v) is 8.24. The molecule has 0 saturated heterocycles. The van der Waals surface area contributed by atoms with E-state index in [1.165, 1.54) is 0 Å². The van der Waals surface area contributed by atoms with Crippen LogP contribution in [0.1, 0.15) is 0 Å². The number of halogens is 1. The molecule has 0 saturated carbocycles. The van der Waals surface area contributed by atoms with Crippen molar-refractivity contribution in [2.45, 2.75) is 0 Å². The van der Waals surface area contributed by atoms with Crippen LogP contribution in [0.25, 0.3) is 0 Å². The summed E-state index contributed by atoms with van der Waals surface area (Å²) < 4.78 is 0. The summed E-state index contributed by atoms with van der Waals surface area (Å²) in [6.07, 6.45) is 0. The highest BCUT2D eigenvalue weighted by atomic mass is 35.5. The molecular formula is C9H12ClNO3. The van der Waals surface area contributed by atoms with E-state index in [9.17, 15) is 4.79 Å². The van der Waals surface area contributed by atoms with Crippen LogP contribution in [-0.2, 0) is 4.79 Å². The first-order valence-electron chi connectivity index (χ1n) is 3.88. The molecular weight excluding hydrogens is 206 g/mol. The van der Waals surface area contributed by atoms with Gasteiger partial charge in [0, 0.05) is 0 Å². The monoisotopic (exact) mass is 217 g/mol. The van der Waals surface area contributed by atoms with Gasteiger partial charge in [-0.3, -0.25) is 4.79 Å². The third-order valence-electron chi connectivity index (χ3n) is 1.15. The summed E-state index contributed by atoms with van der Waals surface area (Å²) >= 11 is 5.01. The van der Waals surface area contributed by atoms with Gasteiger partial charge >= 0.3 is 0 Å². The van der Waals surface area contributed by atoms with Gasteiger partial charge in [-0.2, -0.15) is 0 Å². The molecule has 0 heterocycles. The lowest BCUT2D eigenvalue weighted by Crippen LogP contribution is -2.24. The zero-order chi connectivity index (χ0) is 10.8. The number of benzene rings is 1. The number of phenols is 1. The van der Waals surface area contributed by atoms with Gasteiger partial charge < -0.3 is 15.5 Å². The summed E-state index contributed by atoms with van der Waals surface area (Å²) in [6.45, 7) is -0.342. The Hall–Kier alpha value is -1.26. The van der Waals surface area contributed by atoms with Crippen molar-refractivity contribution >= 4 is 17.5 Å². The fraction of sp³-hybridized carbons (Fsp3) is 0.222. The average Bonchev–Trinajstić information content (AvgIpc) is 2.20. The molecule has 1 aromatic carbocycles. The Labute approximate surface area is 87.1 Å². The number of para-hydroxylation sites is 1. The van der Waals surface area contributed by atoms with Crippen molar-refractivity contribution in [3.05, 3.63) is 30.3 Å². The molecule has 0 aliphatic rings. The van der Waals surface area contributed by atoms with Crippen LogP contribution >= 0.6 is 11.6 Å². The molecule has 0 aliphatic heterocycles. The van der Waals surface area contributed by atoms with Gasteiger partial charge in [-0.1, -0.05) is 18.2 Å². The van der Waals surface area contributed by atoms with Gasteiger partial charge in [0.1, 0.15) is 18.4 Å². The number of phenolic OH excluding ortho intramolecular Hbond substituents is 1. The SMILES string of the molecule is O=C(CCl)NCO.Oc1ccccc1. The van der Waals surface area contributed by atoms with Crippen molar-refractivity contribution in [3.8, 4) is 5.75 Å². The number of hydrogen-bond donors (Lipinski definition) is 3. The van der Waals surface area contributed by atoms with E-state index in [1.54, 1.807) is 24.3 Å². The smallest absolute Gasteiger partial charge is 0.236 e. The second kappa shape index (κ2) is 8.34. The lowest BCUT2D eigenvalue weighted by Gasteiger charge is -1.91. The van der Waals surface area contributed by atoms with E-state index in [1.807, 2.05) is 6.07 Å². The molecule has 0 atom stereocenters. The number of rotatable bonds is 2. The Kier molecular flexibility index (Phi) is 7.59. The van der Waals surface area contributed by atoms with Crippen LogP contribution in [0.3, 0.4) is 0 Å². The van der Waals surface area contributed by atoms with Crippen LogP contribution < -0.4 is 5.32 Å². The number of amides is 1. The van der Waals surface area contributed by atoms with Gasteiger partial charge in [0.2, 0.25) is 5.91 Å². The number of aromatic hydroxyl groups is 1. The molecule has 5 heteroatoms. The van der Waals surface area contributed by atoms with Gasteiger partial charge in [0.05, 0.1) is 0 Å². The maximum absolute atomic E-state index is 10.0. The van der Waals surface area contributed by atoms with Gasteiger partial charge in [0.15, 0.2) is 0 Å². The summed E-state index contributed by atoms with van der Waals surface area (Å²) in [5, 5.41) is 18.7. The maximum atomic E-state index is 10.0. The molecule has 0 fully saturated rings. The summed E-state index contributed by atoms with van der Waals surface area (Å²) in [7, 11) is 0. The summed E-state index contributed by atoms with van der Waals surface area (Å²) in [6, 6.07) is 8.71. The van der Waals surface area contributed by atoms with E-state index < -0.39 is 0 Å². The molecule has 78 valence electrons. The van der Waals surface area contributed by atoms with Crippen molar-refractivity contribution in [1.82, 2.24) is 5.32 Å². The zero-order valence-electron chi connectivity index (χ0n) is 7.48. The van der Waals surface area contributed by atoms with Crippen LogP contribution in [0, 0.1) is 0 Å². The van der Waals surface area contributed by atoms with Crippen LogP contribution in [0.5, 0.6) is 5.75 Å². The van der Waals surface area contributed by atoms with E-state index >= 15 is 0 Å². The molecule has 0 unspecified atom stereocenters. The van der Waals surface area contributed by atoms with Gasteiger partial charge in [-0.25, -0.2) is 0 Å². The lowest BCUT2D eigenvalue weighted by molar-refractivity contribution is -0.119. The summed E-state index contributed by atoms with van der Waals surface area (Å²) in [4.78, 5) is 10.0. The van der Waals surface area contributed by atoms with Crippen LogP contribution in [0.15, 0.2) is 30.3 Å². The minimum absolute atomic E-state index is 0.0967. The first-order chi connectivity index (χ1) is 6.70. The van der Waals surface area contributed by atoms with Gasteiger partial charge in [-0.05, 0) is 12.1 Å². The van der Waals surface area contributed by atoms with Crippen LogP contribution in [-0.4, -0.2) is 28.7 Å². The van der Waals surface area contributed by atoms with Crippen molar-refractivity contribution < 1.29 is 15.0 Å². The first kappa shape index (κ1) is 12.7. The van der Waals surface area contributed by atoms with Crippen molar-refractivity contribution in [2.24, 2.45) is 0 Å². The fourth-order valence-corrected chi connectivity index (χ4v) is 0.658. The Morgan fingerprint density at radius 2 is 1.93 bits per heavy atom. The summed E-state index contributed by atoms with van der Waals surface area (Å²) in [5.41, 5.74) is 0.